The van der Waals surface area contributed by atoms with E-state index in [4.69, 9.17) is 0 Å². The van der Waals surface area contributed by atoms with Gasteiger partial charge in [-0.2, -0.15) is 0 Å². The van der Waals surface area contributed by atoms with Crippen molar-refractivity contribution in [3.63, 3.8) is 0 Å². The fourth-order valence-corrected chi connectivity index (χ4v) is 1.95. The van der Waals surface area contributed by atoms with E-state index in [2.05, 4.69) is 10.3 Å². The molecule has 1 fully saturated rings. The zero-order chi connectivity index (χ0) is 11.4. The van der Waals surface area contributed by atoms with Crippen LogP contribution in [0.4, 0.5) is 4.79 Å². The molecule has 0 saturated carbocycles. The molecule has 0 aliphatic carbocycles. The predicted molar refractivity (Wildman–Crippen MR) is 61.1 cm³/mol. The summed E-state index contributed by atoms with van der Waals surface area (Å²) in [5.74, 6) is 1.00. The van der Waals surface area contributed by atoms with Crippen LogP contribution in [0.25, 0.3) is 0 Å². The Hall–Kier alpha value is -1.52. The number of hydrogen-bond donors (Lipinski definition) is 1. The number of aryl methyl sites for hydroxylation is 1. The number of likely N-dealkylation sites (tertiary alicyclic amines) is 1. The van der Waals surface area contributed by atoms with Crippen molar-refractivity contribution >= 4 is 6.03 Å². The van der Waals surface area contributed by atoms with Gasteiger partial charge in [0.05, 0.1) is 0 Å². The minimum absolute atomic E-state index is 0.0618. The monoisotopic (exact) mass is 222 g/mol. The molecule has 2 heterocycles. The molecular weight excluding hydrogens is 204 g/mol. The maximum Gasteiger partial charge on any atom is 0.317 e. The molecule has 0 aromatic carbocycles. The first kappa shape index (κ1) is 11.0. The first-order chi connectivity index (χ1) is 7.77. The van der Waals surface area contributed by atoms with E-state index < -0.39 is 0 Å². The maximum absolute atomic E-state index is 11.6. The fraction of sp³-hybridized carbons (Fsp3) is 0.636. The van der Waals surface area contributed by atoms with E-state index in [1.807, 2.05) is 22.7 Å². The van der Waals surface area contributed by atoms with E-state index in [-0.39, 0.29) is 6.03 Å². The van der Waals surface area contributed by atoms with Gasteiger partial charge in [-0.3, -0.25) is 0 Å². The normalized spacial score (nSPS) is 15.4. The van der Waals surface area contributed by atoms with Gasteiger partial charge >= 0.3 is 6.03 Å². The smallest absolute Gasteiger partial charge is 0.317 e. The molecule has 1 saturated heterocycles. The number of amides is 2. The summed E-state index contributed by atoms with van der Waals surface area (Å²) in [5.41, 5.74) is 0. The van der Waals surface area contributed by atoms with E-state index in [1.165, 1.54) is 0 Å². The largest absolute Gasteiger partial charge is 0.338 e. The number of aromatic nitrogens is 2. The zero-order valence-electron chi connectivity index (χ0n) is 9.65. The second-order valence-electron chi connectivity index (χ2n) is 4.13. The molecule has 0 radical (unpaired) electrons. The van der Waals surface area contributed by atoms with Gasteiger partial charge in [0.1, 0.15) is 5.82 Å². The number of nitrogens with one attached hydrogen (secondary N) is 1. The second-order valence-corrected chi connectivity index (χ2v) is 4.13. The minimum atomic E-state index is 0.0618. The number of hydrogen-bond acceptors (Lipinski definition) is 2. The van der Waals surface area contributed by atoms with Gasteiger partial charge in [-0.1, -0.05) is 0 Å². The predicted octanol–water partition coefficient (Wildman–Crippen LogP) is 0.768. The third-order valence-electron chi connectivity index (χ3n) is 2.94. The molecule has 0 unspecified atom stereocenters. The number of nitrogens with zero attached hydrogens (tertiary/aromatic N) is 3. The molecule has 2 rings (SSSR count). The summed E-state index contributed by atoms with van der Waals surface area (Å²) in [7, 11) is 1.96. The average molecular weight is 222 g/mol. The van der Waals surface area contributed by atoms with Gasteiger partial charge in [0.25, 0.3) is 0 Å². The lowest BCUT2D eigenvalue weighted by Crippen LogP contribution is -2.39. The van der Waals surface area contributed by atoms with Crippen molar-refractivity contribution in [2.24, 2.45) is 7.05 Å². The first-order valence-electron chi connectivity index (χ1n) is 5.76. The molecule has 0 atom stereocenters. The zero-order valence-corrected chi connectivity index (χ0v) is 9.65. The molecule has 1 aromatic rings. The molecule has 1 aromatic heterocycles. The van der Waals surface area contributed by atoms with Crippen LogP contribution in [-0.4, -0.2) is 40.1 Å². The molecule has 5 nitrogen and oxygen atoms in total. The van der Waals surface area contributed by atoms with Crippen LogP contribution in [0.1, 0.15) is 18.7 Å². The SMILES string of the molecule is Cn1ccnc1CCNC(=O)N1CCCC1. The van der Waals surface area contributed by atoms with Gasteiger partial charge in [0.15, 0.2) is 0 Å². The lowest BCUT2D eigenvalue weighted by Gasteiger charge is -2.15. The van der Waals surface area contributed by atoms with Crippen molar-refractivity contribution in [3.05, 3.63) is 18.2 Å². The molecule has 1 aliphatic rings. The Labute approximate surface area is 95.5 Å². The van der Waals surface area contributed by atoms with Gasteiger partial charge in [0, 0.05) is 45.5 Å². The van der Waals surface area contributed by atoms with Crippen LogP contribution in [-0.2, 0) is 13.5 Å². The van der Waals surface area contributed by atoms with Crippen molar-refractivity contribution in [3.8, 4) is 0 Å². The molecule has 1 aliphatic heterocycles. The topological polar surface area (TPSA) is 50.2 Å². The van der Waals surface area contributed by atoms with Crippen molar-refractivity contribution in [2.45, 2.75) is 19.3 Å². The van der Waals surface area contributed by atoms with E-state index in [0.717, 1.165) is 38.2 Å². The number of carbonyl (C=O) groups is 1. The Balaban J connectivity index is 1.71. The van der Waals surface area contributed by atoms with Gasteiger partial charge in [0.2, 0.25) is 0 Å². The Bertz CT molecular complexity index is 355. The van der Waals surface area contributed by atoms with E-state index >= 15 is 0 Å². The van der Waals surface area contributed by atoms with Crippen molar-refractivity contribution in [2.75, 3.05) is 19.6 Å². The second kappa shape index (κ2) is 5.01. The Kier molecular flexibility index (Phi) is 3.44. The third kappa shape index (κ3) is 2.53. The van der Waals surface area contributed by atoms with Crippen LogP contribution in [0.3, 0.4) is 0 Å². The highest BCUT2D eigenvalue weighted by Crippen LogP contribution is 2.06. The number of rotatable bonds is 3. The van der Waals surface area contributed by atoms with Crippen LogP contribution >= 0.6 is 0 Å². The van der Waals surface area contributed by atoms with E-state index in [0.29, 0.717) is 6.54 Å². The average Bonchev–Trinajstić information content (AvgIpc) is 2.90. The number of urea groups is 1. The molecule has 0 spiro atoms. The molecule has 16 heavy (non-hydrogen) atoms. The fourth-order valence-electron chi connectivity index (χ4n) is 1.95. The summed E-state index contributed by atoms with van der Waals surface area (Å²) in [6.07, 6.45) is 6.73. The standard InChI is InChI=1S/C11H18N4O/c1-14-9-6-12-10(14)4-5-13-11(16)15-7-2-3-8-15/h6,9H,2-5,7-8H2,1H3,(H,13,16). The summed E-state index contributed by atoms with van der Waals surface area (Å²) in [6.45, 7) is 2.45. The lowest BCUT2D eigenvalue weighted by molar-refractivity contribution is 0.209. The lowest BCUT2D eigenvalue weighted by atomic mass is 10.4. The van der Waals surface area contributed by atoms with Crippen LogP contribution in [0.15, 0.2) is 12.4 Å². The highest BCUT2D eigenvalue weighted by atomic mass is 16.2. The minimum Gasteiger partial charge on any atom is -0.338 e. The summed E-state index contributed by atoms with van der Waals surface area (Å²) >= 11 is 0. The van der Waals surface area contributed by atoms with Crippen molar-refractivity contribution in [1.29, 1.82) is 0 Å². The van der Waals surface area contributed by atoms with Gasteiger partial charge in [-0.15, -0.1) is 0 Å². The summed E-state index contributed by atoms with van der Waals surface area (Å²) in [6, 6.07) is 0.0618. The number of imidazole rings is 1. The highest BCUT2D eigenvalue weighted by Gasteiger charge is 2.16. The van der Waals surface area contributed by atoms with Crippen LogP contribution in [0.2, 0.25) is 0 Å². The summed E-state index contributed by atoms with van der Waals surface area (Å²) in [4.78, 5) is 17.7. The van der Waals surface area contributed by atoms with Crippen LogP contribution in [0.5, 0.6) is 0 Å². The van der Waals surface area contributed by atoms with Gasteiger partial charge in [-0.25, -0.2) is 9.78 Å². The number of carbonyl (C=O) groups excluding carboxylic acids is 1. The van der Waals surface area contributed by atoms with Crippen LogP contribution in [0, 0.1) is 0 Å². The molecule has 5 heteroatoms. The quantitative estimate of drug-likeness (QED) is 0.821. The van der Waals surface area contributed by atoms with Crippen LogP contribution < -0.4 is 5.32 Å². The highest BCUT2D eigenvalue weighted by molar-refractivity contribution is 5.74. The Morgan fingerprint density at radius 1 is 1.50 bits per heavy atom. The molecule has 0 bridgehead atoms. The maximum atomic E-state index is 11.6. The summed E-state index contributed by atoms with van der Waals surface area (Å²) < 4.78 is 1.97. The van der Waals surface area contributed by atoms with Crippen molar-refractivity contribution < 1.29 is 4.79 Å². The Morgan fingerprint density at radius 2 is 2.25 bits per heavy atom. The summed E-state index contributed by atoms with van der Waals surface area (Å²) in [5, 5.41) is 2.92. The van der Waals surface area contributed by atoms with E-state index in [9.17, 15) is 4.79 Å². The first-order valence-corrected chi connectivity index (χ1v) is 5.76. The third-order valence-corrected chi connectivity index (χ3v) is 2.94. The molecule has 2 amide bonds. The van der Waals surface area contributed by atoms with Crippen molar-refractivity contribution in [1.82, 2.24) is 19.8 Å². The van der Waals surface area contributed by atoms with Gasteiger partial charge in [-0.05, 0) is 12.8 Å². The molecule has 1 N–H and O–H groups in total. The molecule has 88 valence electrons. The molecular formula is C11H18N4O. The van der Waals surface area contributed by atoms with E-state index in [1.54, 1.807) is 6.20 Å². The Morgan fingerprint density at radius 3 is 2.88 bits per heavy atom. The van der Waals surface area contributed by atoms with Gasteiger partial charge < -0.3 is 14.8 Å².